The standard InChI is InChI=1S/C32H40F2N6O6S/c1-5-9-39(10-6-2)30(43)23-14-20(3)13-22(18-23)29(42)37-26(17-21-15-24(33)19-25(34)16-21)28(41)27-31(44)40(12-8-35-27)47(45,46)32-36-7-11-38(32)4/h7,11,13-16,18-19,26-28,35,41H,5-6,8-10,12,17H2,1-4H3,(H,37,42)/t26-,27-,28-/m0/s1. The summed E-state index contributed by atoms with van der Waals surface area (Å²) < 4.78 is 56.8. The Morgan fingerprint density at radius 2 is 1.72 bits per heavy atom. The van der Waals surface area contributed by atoms with Crippen LogP contribution in [-0.4, -0.2) is 94.4 Å². The number of carbonyl (C=O) groups is 3. The van der Waals surface area contributed by atoms with Crippen molar-refractivity contribution in [1.82, 2.24) is 29.4 Å². The number of aryl methyl sites for hydroxylation is 2. The largest absolute Gasteiger partial charge is 0.389 e. The molecule has 47 heavy (non-hydrogen) atoms. The topological polar surface area (TPSA) is 154 Å². The molecular formula is C32H40F2N6O6S. The number of nitrogens with one attached hydrogen (secondary N) is 2. The monoisotopic (exact) mass is 674 g/mol. The number of benzene rings is 2. The Morgan fingerprint density at radius 1 is 1.09 bits per heavy atom. The Morgan fingerprint density at radius 3 is 2.32 bits per heavy atom. The molecule has 1 saturated heterocycles. The molecule has 0 unspecified atom stereocenters. The van der Waals surface area contributed by atoms with Gasteiger partial charge in [0.25, 0.3) is 17.7 Å². The van der Waals surface area contributed by atoms with Crippen LogP contribution >= 0.6 is 0 Å². The molecule has 3 amide bonds. The number of halogens is 2. The van der Waals surface area contributed by atoms with Crippen LogP contribution in [0.1, 0.15) is 58.5 Å². The van der Waals surface area contributed by atoms with Crippen LogP contribution in [0.4, 0.5) is 8.78 Å². The highest BCUT2D eigenvalue weighted by atomic mass is 32.2. The first kappa shape index (κ1) is 35.6. The number of aliphatic hydroxyl groups excluding tert-OH is 1. The van der Waals surface area contributed by atoms with Crippen LogP contribution in [0.25, 0.3) is 0 Å². The van der Waals surface area contributed by atoms with Crippen molar-refractivity contribution in [3.05, 3.63) is 82.7 Å². The second-order valence-corrected chi connectivity index (χ2v) is 13.4. The van der Waals surface area contributed by atoms with Gasteiger partial charge >= 0.3 is 10.0 Å². The van der Waals surface area contributed by atoms with Crippen molar-refractivity contribution in [3.8, 4) is 0 Å². The lowest BCUT2D eigenvalue weighted by atomic mass is 9.94. The summed E-state index contributed by atoms with van der Waals surface area (Å²) in [6.45, 7) is 6.45. The molecule has 0 spiro atoms. The molecular weight excluding hydrogens is 634 g/mol. The summed E-state index contributed by atoms with van der Waals surface area (Å²) in [6, 6.07) is 4.52. The first-order valence-corrected chi connectivity index (χ1v) is 16.8. The minimum Gasteiger partial charge on any atom is -0.389 e. The molecule has 0 radical (unpaired) electrons. The van der Waals surface area contributed by atoms with Gasteiger partial charge in [-0.3, -0.25) is 14.4 Å². The first-order valence-electron chi connectivity index (χ1n) is 15.4. The second-order valence-electron chi connectivity index (χ2n) is 11.6. The predicted octanol–water partition coefficient (Wildman–Crippen LogP) is 2.16. The van der Waals surface area contributed by atoms with Gasteiger partial charge in [0.05, 0.1) is 12.1 Å². The molecule has 1 aromatic heterocycles. The van der Waals surface area contributed by atoms with Crippen molar-refractivity contribution < 1.29 is 36.7 Å². The Balaban J connectivity index is 1.66. The third-order valence-corrected chi connectivity index (χ3v) is 9.60. The zero-order valence-corrected chi connectivity index (χ0v) is 27.6. The van der Waals surface area contributed by atoms with Gasteiger partial charge in [0.15, 0.2) is 0 Å². The van der Waals surface area contributed by atoms with Crippen LogP contribution in [0.2, 0.25) is 0 Å². The molecule has 2 aromatic carbocycles. The molecule has 0 aliphatic carbocycles. The number of nitrogens with zero attached hydrogens (tertiary/aromatic N) is 4. The minimum atomic E-state index is -4.40. The molecule has 3 aromatic rings. The highest BCUT2D eigenvalue weighted by molar-refractivity contribution is 7.89. The van der Waals surface area contributed by atoms with Crippen molar-refractivity contribution in [2.75, 3.05) is 26.2 Å². The average Bonchev–Trinajstić information content (AvgIpc) is 3.46. The number of piperazine rings is 1. The summed E-state index contributed by atoms with van der Waals surface area (Å²) in [5, 5.41) is 16.7. The smallest absolute Gasteiger partial charge is 0.300 e. The van der Waals surface area contributed by atoms with Crippen LogP contribution < -0.4 is 10.6 Å². The van der Waals surface area contributed by atoms with Gasteiger partial charge in [-0.1, -0.05) is 13.8 Å². The van der Waals surface area contributed by atoms with E-state index in [4.69, 9.17) is 0 Å². The summed E-state index contributed by atoms with van der Waals surface area (Å²) >= 11 is 0. The number of sulfonamides is 1. The summed E-state index contributed by atoms with van der Waals surface area (Å²) in [5.74, 6) is -3.73. The lowest BCUT2D eigenvalue weighted by Crippen LogP contribution is -2.65. The van der Waals surface area contributed by atoms with E-state index in [-0.39, 0.29) is 41.7 Å². The van der Waals surface area contributed by atoms with Gasteiger partial charge in [0.2, 0.25) is 5.16 Å². The lowest BCUT2D eigenvalue weighted by Gasteiger charge is -2.37. The van der Waals surface area contributed by atoms with E-state index in [0.29, 0.717) is 34.6 Å². The molecule has 1 aliphatic heterocycles. The minimum absolute atomic E-state index is 0.0260. The maximum absolute atomic E-state index is 14.1. The van der Waals surface area contributed by atoms with E-state index >= 15 is 0 Å². The third kappa shape index (κ3) is 8.21. The fourth-order valence-corrected chi connectivity index (χ4v) is 7.18. The van der Waals surface area contributed by atoms with E-state index in [9.17, 15) is 36.7 Å². The SMILES string of the molecule is CCCN(CCC)C(=O)c1cc(C)cc(C(=O)N[C@@H](Cc2cc(F)cc(F)c2)[C@H](O)[C@@H]2NCCN(S(=O)(=O)c3nccn3C)C2=O)c1. The van der Waals surface area contributed by atoms with E-state index in [1.165, 1.54) is 30.1 Å². The van der Waals surface area contributed by atoms with Crippen molar-refractivity contribution in [3.63, 3.8) is 0 Å². The van der Waals surface area contributed by atoms with Crippen LogP contribution in [0.5, 0.6) is 0 Å². The molecule has 4 rings (SSSR count). The van der Waals surface area contributed by atoms with Crippen LogP contribution in [0, 0.1) is 18.6 Å². The number of hydrogen-bond donors (Lipinski definition) is 3. The summed E-state index contributed by atoms with van der Waals surface area (Å²) in [6.07, 6.45) is 2.10. The molecule has 3 atom stereocenters. The Kier molecular flexibility index (Phi) is 11.5. The fraction of sp³-hybridized carbons (Fsp3) is 0.438. The van der Waals surface area contributed by atoms with Gasteiger partial charge in [0, 0.05) is 62.8 Å². The number of hydrogen-bond acceptors (Lipinski definition) is 8. The molecule has 1 fully saturated rings. The highest BCUT2D eigenvalue weighted by Crippen LogP contribution is 2.21. The summed E-state index contributed by atoms with van der Waals surface area (Å²) in [4.78, 5) is 46.2. The molecule has 12 nitrogen and oxygen atoms in total. The quantitative estimate of drug-likeness (QED) is 0.249. The Hall–Kier alpha value is -4.21. The van der Waals surface area contributed by atoms with Crippen molar-refractivity contribution in [1.29, 1.82) is 0 Å². The van der Waals surface area contributed by atoms with Gasteiger partial charge in [-0.05, 0) is 67.6 Å². The zero-order valence-electron chi connectivity index (χ0n) is 26.7. The van der Waals surface area contributed by atoms with Gasteiger partial charge in [-0.2, -0.15) is 8.42 Å². The van der Waals surface area contributed by atoms with Gasteiger partial charge in [-0.25, -0.2) is 18.1 Å². The summed E-state index contributed by atoms with van der Waals surface area (Å²) in [5.41, 5.74) is 1.08. The number of amides is 3. The lowest BCUT2D eigenvalue weighted by molar-refractivity contribution is -0.134. The van der Waals surface area contributed by atoms with Gasteiger partial charge in [-0.15, -0.1) is 0 Å². The number of imidazole rings is 1. The Bertz CT molecular complexity index is 1710. The van der Waals surface area contributed by atoms with E-state index in [1.807, 2.05) is 13.8 Å². The fourth-order valence-electron chi connectivity index (χ4n) is 5.68. The maximum Gasteiger partial charge on any atom is 0.300 e. The van der Waals surface area contributed by atoms with Crippen LogP contribution in [0.15, 0.2) is 53.9 Å². The zero-order chi connectivity index (χ0) is 34.5. The number of aromatic nitrogens is 2. The number of aliphatic hydroxyl groups is 1. The van der Waals surface area contributed by atoms with Gasteiger partial charge < -0.3 is 25.2 Å². The summed E-state index contributed by atoms with van der Waals surface area (Å²) in [7, 11) is -2.94. The Labute approximate surface area is 272 Å². The van der Waals surface area contributed by atoms with Crippen molar-refractivity contribution in [2.24, 2.45) is 7.05 Å². The molecule has 3 N–H and O–H groups in total. The average molecular weight is 675 g/mol. The van der Waals surface area contributed by atoms with Crippen molar-refractivity contribution in [2.45, 2.75) is 63.4 Å². The predicted molar refractivity (Wildman–Crippen MR) is 169 cm³/mol. The molecule has 254 valence electrons. The molecule has 1 aliphatic rings. The molecule has 2 heterocycles. The normalized spacial score (nSPS) is 16.5. The van der Waals surface area contributed by atoms with Crippen LogP contribution in [0.3, 0.4) is 0 Å². The van der Waals surface area contributed by atoms with E-state index in [1.54, 1.807) is 24.0 Å². The first-order chi connectivity index (χ1) is 22.3. The van der Waals surface area contributed by atoms with Crippen molar-refractivity contribution >= 4 is 27.7 Å². The van der Waals surface area contributed by atoms with E-state index in [0.717, 1.165) is 25.0 Å². The maximum atomic E-state index is 14.1. The third-order valence-electron chi connectivity index (χ3n) is 7.80. The molecule has 0 bridgehead atoms. The van der Waals surface area contributed by atoms with E-state index in [2.05, 4.69) is 15.6 Å². The van der Waals surface area contributed by atoms with E-state index < -0.39 is 51.7 Å². The number of rotatable bonds is 13. The second kappa shape index (κ2) is 15.1. The van der Waals surface area contributed by atoms with Crippen LogP contribution in [-0.2, 0) is 28.3 Å². The molecule has 0 saturated carbocycles. The van der Waals surface area contributed by atoms with Gasteiger partial charge in [0.1, 0.15) is 17.7 Å². The highest BCUT2D eigenvalue weighted by Gasteiger charge is 2.44. The molecule has 15 heteroatoms. The number of carbonyl (C=O) groups excluding carboxylic acids is 3.